The van der Waals surface area contributed by atoms with E-state index in [0.717, 1.165) is 25.7 Å². The van der Waals surface area contributed by atoms with Crippen LogP contribution < -0.4 is 11.1 Å². The van der Waals surface area contributed by atoms with Crippen molar-refractivity contribution < 1.29 is 47.3 Å². The summed E-state index contributed by atoms with van der Waals surface area (Å²) in [7, 11) is 0. The molecule has 2 saturated carbocycles. The number of rotatable bonds is 10. The fourth-order valence-electron chi connectivity index (χ4n) is 6.62. The van der Waals surface area contributed by atoms with Gasteiger partial charge in [0.15, 0.2) is 40.7 Å². The fourth-order valence-corrected chi connectivity index (χ4v) is 6.62. The van der Waals surface area contributed by atoms with Crippen LogP contribution in [0.2, 0.25) is 0 Å². The van der Waals surface area contributed by atoms with E-state index in [0.29, 0.717) is 0 Å². The molecule has 6 rings (SSSR count). The highest BCUT2D eigenvalue weighted by Gasteiger charge is 2.55. The smallest absolute Gasteiger partial charge is 0.458 e. The summed E-state index contributed by atoms with van der Waals surface area (Å²) >= 11 is 0. The molecule has 1 saturated heterocycles. The minimum absolute atomic E-state index is 0.0336. The van der Waals surface area contributed by atoms with Crippen molar-refractivity contribution >= 4 is 35.0 Å². The summed E-state index contributed by atoms with van der Waals surface area (Å²) in [6.45, 7) is 5.24. The van der Waals surface area contributed by atoms with Crippen LogP contribution in [0.15, 0.2) is 20.0 Å². The number of ether oxygens (including phenoxy) is 4. The maximum Gasteiger partial charge on any atom is 0.519 e. The lowest BCUT2D eigenvalue weighted by Crippen LogP contribution is -2.49. The molecule has 0 radical (unpaired) electrons. The zero-order chi connectivity index (χ0) is 34.4. The molecule has 1 aliphatic heterocycles. The zero-order valence-electron chi connectivity index (χ0n) is 27.1. The number of nitrogens with zero attached hydrogens (tertiary/aromatic N) is 4. The summed E-state index contributed by atoms with van der Waals surface area (Å²) < 4.78 is 33.8. The van der Waals surface area contributed by atoms with Gasteiger partial charge in [-0.1, -0.05) is 12.3 Å². The molecule has 3 aliphatic rings. The Morgan fingerprint density at radius 2 is 1.96 bits per heavy atom. The molecular weight excluding hydrogens is 630 g/mol. The molecule has 3 atom stereocenters. The van der Waals surface area contributed by atoms with Crippen molar-refractivity contribution in [3.63, 3.8) is 0 Å². The van der Waals surface area contributed by atoms with Crippen LogP contribution in [0.1, 0.15) is 82.4 Å². The molecule has 2 aliphatic carbocycles. The van der Waals surface area contributed by atoms with Crippen molar-refractivity contribution in [2.24, 2.45) is 11.3 Å². The molecule has 0 bridgehead atoms. The van der Waals surface area contributed by atoms with Gasteiger partial charge in [-0.05, 0) is 58.8 Å². The number of aliphatic hydroxyl groups is 1. The fraction of sp³-hybridized carbons (Fsp3) is 0.594. The van der Waals surface area contributed by atoms with Crippen molar-refractivity contribution in [3.05, 3.63) is 34.3 Å². The van der Waals surface area contributed by atoms with E-state index in [1.54, 1.807) is 11.5 Å². The van der Waals surface area contributed by atoms with Crippen LogP contribution in [0.4, 0.5) is 10.6 Å². The van der Waals surface area contributed by atoms with Gasteiger partial charge in [0, 0.05) is 6.42 Å². The Hall–Kier alpha value is -4.75. The Morgan fingerprint density at radius 3 is 2.58 bits per heavy atom. The van der Waals surface area contributed by atoms with E-state index in [2.05, 4.69) is 26.2 Å². The van der Waals surface area contributed by atoms with E-state index in [-0.39, 0.29) is 71.1 Å². The lowest BCUT2D eigenvalue weighted by Gasteiger charge is -2.53. The molecule has 3 aromatic rings. The molecule has 3 fully saturated rings. The van der Waals surface area contributed by atoms with Gasteiger partial charge in [-0.3, -0.25) is 19.5 Å². The summed E-state index contributed by atoms with van der Waals surface area (Å²) in [4.78, 5) is 62.7. The lowest BCUT2D eigenvalue weighted by atomic mass is 9.52. The third-order valence-electron chi connectivity index (χ3n) is 9.33. The number of hydrogen-bond donors (Lipinski definition) is 2. The molecule has 4 heterocycles. The van der Waals surface area contributed by atoms with E-state index in [9.17, 15) is 24.3 Å². The maximum atomic E-state index is 13.0. The molecule has 0 unspecified atom stereocenters. The standard InChI is InChI=1S/C32H37N5O11/c1-6-32(15-38)21(46-27(40)19-11-31(12-19)8-7-9-31)10-22(47-32)37-16-33-24-25(34-18(3)35-26(24)37)36-28(41)48-30(4,5)13-23(39)43-14-20-17(2)44-29(42)45-20/h1,16,19,21-22,38H,7-15H2,2-5H3,(H,34,35,36,41)/t21-,22+,32+/m0/s1. The number of esters is 2. The largest absolute Gasteiger partial charge is 0.519 e. The second-order valence-electron chi connectivity index (χ2n) is 13.4. The van der Waals surface area contributed by atoms with Crippen LogP contribution in [0.5, 0.6) is 0 Å². The predicted octanol–water partition coefficient (Wildman–Crippen LogP) is 3.23. The summed E-state index contributed by atoms with van der Waals surface area (Å²) in [5.74, 6) is 0.920. The number of imidazole rings is 1. The lowest BCUT2D eigenvalue weighted by molar-refractivity contribution is -0.174. The molecular formula is C32H37N5O11. The quantitative estimate of drug-likeness (QED) is 0.181. The first-order valence-electron chi connectivity index (χ1n) is 15.7. The summed E-state index contributed by atoms with van der Waals surface area (Å²) in [5.41, 5.74) is -2.11. The topological polar surface area (TPSA) is 207 Å². The van der Waals surface area contributed by atoms with Gasteiger partial charge >= 0.3 is 23.9 Å². The molecule has 48 heavy (non-hydrogen) atoms. The average Bonchev–Trinajstić information content (AvgIpc) is 3.64. The average molecular weight is 668 g/mol. The van der Waals surface area contributed by atoms with Crippen LogP contribution in [0.3, 0.4) is 0 Å². The van der Waals surface area contributed by atoms with E-state index < -0.39 is 48.0 Å². The van der Waals surface area contributed by atoms with Crippen LogP contribution >= 0.6 is 0 Å². The molecule has 1 amide bonds. The van der Waals surface area contributed by atoms with Crippen LogP contribution in [-0.4, -0.2) is 66.6 Å². The van der Waals surface area contributed by atoms with Gasteiger partial charge in [0.05, 0.1) is 25.3 Å². The molecule has 16 heteroatoms. The van der Waals surface area contributed by atoms with Crippen LogP contribution in [0.25, 0.3) is 11.2 Å². The van der Waals surface area contributed by atoms with E-state index in [4.69, 9.17) is 34.2 Å². The van der Waals surface area contributed by atoms with E-state index >= 15 is 0 Å². The Kier molecular flexibility index (Phi) is 8.54. The number of aliphatic hydroxyl groups excluding tert-OH is 1. The Morgan fingerprint density at radius 1 is 1.21 bits per heavy atom. The van der Waals surface area contributed by atoms with Crippen molar-refractivity contribution in [1.82, 2.24) is 19.5 Å². The van der Waals surface area contributed by atoms with Gasteiger partial charge in [0.2, 0.25) is 0 Å². The van der Waals surface area contributed by atoms with Crippen molar-refractivity contribution in [2.75, 3.05) is 11.9 Å². The Bertz CT molecular complexity index is 1840. The van der Waals surface area contributed by atoms with Crippen LogP contribution in [-0.2, 0) is 35.1 Å². The highest BCUT2D eigenvalue weighted by atomic mass is 16.6. The number of fused-ring (bicyclic) bond motifs is 1. The number of amides is 1. The molecule has 0 aromatic carbocycles. The van der Waals surface area contributed by atoms with Gasteiger partial charge in [-0.25, -0.2) is 24.5 Å². The van der Waals surface area contributed by atoms with Crippen LogP contribution in [0, 0.1) is 37.5 Å². The molecule has 16 nitrogen and oxygen atoms in total. The second kappa shape index (κ2) is 12.4. The third-order valence-corrected chi connectivity index (χ3v) is 9.33. The molecule has 1 spiro atoms. The van der Waals surface area contributed by atoms with Crippen molar-refractivity contribution in [2.45, 2.75) is 103 Å². The molecule has 3 aromatic heterocycles. The first-order chi connectivity index (χ1) is 22.7. The first-order valence-corrected chi connectivity index (χ1v) is 15.7. The Labute approximate surface area is 274 Å². The molecule has 2 N–H and O–H groups in total. The summed E-state index contributed by atoms with van der Waals surface area (Å²) in [6, 6.07) is 0. The highest BCUT2D eigenvalue weighted by Crippen LogP contribution is 2.59. The first kappa shape index (κ1) is 33.2. The van der Waals surface area contributed by atoms with Crippen molar-refractivity contribution in [1.29, 1.82) is 0 Å². The maximum absolute atomic E-state index is 13.0. The number of terminal acetylenes is 1. The zero-order valence-corrected chi connectivity index (χ0v) is 27.1. The number of carbonyl (C=O) groups is 3. The van der Waals surface area contributed by atoms with Gasteiger partial charge < -0.3 is 32.9 Å². The number of anilines is 1. The normalized spacial score (nSPS) is 23.2. The predicted molar refractivity (Wildman–Crippen MR) is 163 cm³/mol. The van der Waals surface area contributed by atoms with Gasteiger partial charge in [0.1, 0.15) is 23.8 Å². The van der Waals surface area contributed by atoms with Gasteiger partial charge in [-0.15, -0.1) is 6.42 Å². The number of nitrogens with one attached hydrogen (secondary N) is 1. The highest BCUT2D eigenvalue weighted by molar-refractivity contribution is 5.93. The monoisotopic (exact) mass is 667 g/mol. The van der Waals surface area contributed by atoms with Crippen molar-refractivity contribution in [3.8, 4) is 12.3 Å². The minimum atomic E-state index is -1.57. The third kappa shape index (κ3) is 6.39. The minimum Gasteiger partial charge on any atom is -0.458 e. The second-order valence-corrected chi connectivity index (χ2v) is 13.4. The number of aryl methyl sites for hydroxylation is 2. The SMILES string of the molecule is C#C[C@]1(CO)O[C@@H](n2cnc3c(NC(=O)OC(C)(C)CC(=O)OCc4oc(=O)oc4C)nc(C)nc32)C[C@@H]1OC(=O)C1CC2(CCC2)C1. The van der Waals surface area contributed by atoms with Gasteiger partial charge in [-0.2, -0.15) is 0 Å². The molecule has 256 valence electrons. The number of carbonyl (C=O) groups excluding carboxylic acids is 3. The Balaban J connectivity index is 1.11. The summed E-state index contributed by atoms with van der Waals surface area (Å²) in [6.07, 6.45) is 9.50. The van der Waals surface area contributed by atoms with E-state index in [1.807, 2.05) is 0 Å². The number of aromatic nitrogens is 4. The van der Waals surface area contributed by atoms with E-state index in [1.165, 1.54) is 33.5 Å². The van der Waals surface area contributed by atoms with Gasteiger partial charge in [0.25, 0.3) is 0 Å². The number of hydrogen-bond acceptors (Lipinski definition) is 14. The summed E-state index contributed by atoms with van der Waals surface area (Å²) in [5, 5.41) is 12.8.